The Labute approximate surface area is 128 Å². The van der Waals surface area contributed by atoms with E-state index in [0.29, 0.717) is 5.82 Å². The molecule has 3 rings (SSSR count). The standard InChI is InChI=1S/C16H19N3O3/c1-10-6-7-13(17-8-10)18-14(20)9-19-15(21)11-4-2-3-5-12(11)16(19)22/h6-8,11-12H,2-5,9H2,1H3,(H,17,18,20)/t11-,12-/m0/s1. The fraction of sp³-hybridized carbons (Fsp3) is 0.500. The van der Waals surface area contributed by atoms with Gasteiger partial charge in [-0.3, -0.25) is 19.3 Å². The van der Waals surface area contributed by atoms with Crippen LogP contribution in [0.1, 0.15) is 31.2 Å². The molecule has 116 valence electrons. The van der Waals surface area contributed by atoms with Crippen molar-refractivity contribution >= 4 is 23.5 Å². The zero-order chi connectivity index (χ0) is 15.7. The van der Waals surface area contributed by atoms with Gasteiger partial charge in [0.1, 0.15) is 12.4 Å². The Kier molecular flexibility index (Phi) is 3.92. The fourth-order valence-electron chi connectivity index (χ4n) is 3.25. The van der Waals surface area contributed by atoms with Crippen LogP contribution in [0, 0.1) is 18.8 Å². The minimum atomic E-state index is -0.392. The van der Waals surface area contributed by atoms with Gasteiger partial charge in [-0.25, -0.2) is 4.98 Å². The Morgan fingerprint density at radius 3 is 2.41 bits per heavy atom. The summed E-state index contributed by atoms with van der Waals surface area (Å²) in [5.74, 6) is -0.787. The molecule has 2 fully saturated rings. The van der Waals surface area contributed by atoms with Crippen LogP contribution < -0.4 is 5.32 Å². The number of aryl methyl sites for hydroxylation is 1. The molecule has 0 bridgehead atoms. The summed E-state index contributed by atoms with van der Waals surface area (Å²) in [6.07, 6.45) is 5.12. The number of hydrogen-bond acceptors (Lipinski definition) is 4. The molecule has 6 nitrogen and oxygen atoms in total. The van der Waals surface area contributed by atoms with Crippen LogP contribution in [-0.4, -0.2) is 34.2 Å². The third kappa shape index (κ3) is 2.73. The lowest BCUT2D eigenvalue weighted by Gasteiger charge is -2.19. The van der Waals surface area contributed by atoms with Crippen molar-refractivity contribution in [3.63, 3.8) is 0 Å². The second kappa shape index (κ2) is 5.87. The van der Waals surface area contributed by atoms with Crippen LogP contribution in [0.4, 0.5) is 5.82 Å². The molecule has 1 aromatic rings. The molecule has 0 spiro atoms. The summed E-state index contributed by atoms with van der Waals surface area (Å²) in [6, 6.07) is 3.53. The van der Waals surface area contributed by atoms with Crippen LogP contribution in [0.25, 0.3) is 0 Å². The molecule has 6 heteroatoms. The summed E-state index contributed by atoms with van der Waals surface area (Å²) in [4.78, 5) is 41.8. The highest BCUT2D eigenvalue weighted by Crippen LogP contribution is 2.37. The Hall–Kier alpha value is -2.24. The largest absolute Gasteiger partial charge is 0.309 e. The van der Waals surface area contributed by atoms with E-state index >= 15 is 0 Å². The lowest BCUT2D eigenvalue weighted by molar-refractivity contribution is -0.142. The van der Waals surface area contributed by atoms with Crippen molar-refractivity contribution in [1.82, 2.24) is 9.88 Å². The number of nitrogens with zero attached hydrogens (tertiary/aromatic N) is 2. The van der Waals surface area contributed by atoms with E-state index in [1.54, 1.807) is 12.3 Å². The molecule has 1 aromatic heterocycles. The van der Waals surface area contributed by atoms with E-state index in [0.717, 1.165) is 36.1 Å². The normalized spacial score (nSPS) is 24.3. The molecule has 22 heavy (non-hydrogen) atoms. The van der Waals surface area contributed by atoms with Crippen molar-refractivity contribution < 1.29 is 14.4 Å². The van der Waals surface area contributed by atoms with E-state index in [1.807, 2.05) is 13.0 Å². The summed E-state index contributed by atoms with van der Waals surface area (Å²) in [7, 11) is 0. The molecule has 3 amide bonds. The van der Waals surface area contributed by atoms with Gasteiger partial charge < -0.3 is 5.32 Å². The molecule has 2 heterocycles. The molecule has 1 aliphatic carbocycles. The van der Waals surface area contributed by atoms with E-state index < -0.39 is 5.91 Å². The number of aromatic nitrogens is 1. The number of fused-ring (bicyclic) bond motifs is 1. The maximum Gasteiger partial charge on any atom is 0.245 e. The topological polar surface area (TPSA) is 79.4 Å². The highest BCUT2D eigenvalue weighted by atomic mass is 16.2. The lowest BCUT2D eigenvalue weighted by Crippen LogP contribution is -2.38. The van der Waals surface area contributed by atoms with Crippen molar-refractivity contribution in [2.24, 2.45) is 11.8 Å². The third-order valence-electron chi connectivity index (χ3n) is 4.41. The number of carbonyl (C=O) groups excluding carboxylic acids is 3. The van der Waals surface area contributed by atoms with Gasteiger partial charge >= 0.3 is 0 Å². The third-order valence-corrected chi connectivity index (χ3v) is 4.41. The monoisotopic (exact) mass is 301 g/mol. The number of hydrogen-bond donors (Lipinski definition) is 1. The summed E-state index contributed by atoms with van der Waals surface area (Å²) >= 11 is 0. The first-order chi connectivity index (χ1) is 10.6. The van der Waals surface area contributed by atoms with Crippen LogP contribution in [0.2, 0.25) is 0 Å². The quantitative estimate of drug-likeness (QED) is 0.858. The number of likely N-dealkylation sites (tertiary alicyclic amines) is 1. The van der Waals surface area contributed by atoms with E-state index in [-0.39, 0.29) is 30.2 Å². The molecule has 1 saturated heterocycles. The number of anilines is 1. The maximum absolute atomic E-state index is 12.3. The minimum Gasteiger partial charge on any atom is -0.309 e. The van der Waals surface area contributed by atoms with Crippen molar-refractivity contribution in [2.75, 3.05) is 11.9 Å². The molecule has 0 aromatic carbocycles. The van der Waals surface area contributed by atoms with Gasteiger partial charge in [-0.15, -0.1) is 0 Å². The molecule has 0 unspecified atom stereocenters. The number of imide groups is 1. The summed E-state index contributed by atoms with van der Waals surface area (Å²) in [5.41, 5.74) is 0.993. The van der Waals surface area contributed by atoms with E-state index in [2.05, 4.69) is 10.3 Å². The van der Waals surface area contributed by atoms with Gasteiger partial charge in [0.25, 0.3) is 0 Å². The second-order valence-corrected chi connectivity index (χ2v) is 6.03. The van der Waals surface area contributed by atoms with Crippen molar-refractivity contribution in [2.45, 2.75) is 32.6 Å². The molecule has 1 saturated carbocycles. The fourth-order valence-corrected chi connectivity index (χ4v) is 3.25. The van der Waals surface area contributed by atoms with Gasteiger partial charge in [0, 0.05) is 6.20 Å². The average Bonchev–Trinajstić information content (AvgIpc) is 2.75. The zero-order valence-electron chi connectivity index (χ0n) is 12.5. The average molecular weight is 301 g/mol. The van der Waals surface area contributed by atoms with Gasteiger partial charge in [-0.05, 0) is 31.4 Å². The van der Waals surface area contributed by atoms with Crippen LogP contribution in [0.15, 0.2) is 18.3 Å². The first kappa shape index (κ1) is 14.7. The summed E-state index contributed by atoms with van der Waals surface area (Å²) in [5, 5.41) is 2.62. The molecular formula is C16H19N3O3. The minimum absolute atomic E-state index is 0.193. The second-order valence-electron chi connectivity index (χ2n) is 6.03. The lowest BCUT2D eigenvalue weighted by atomic mass is 9.81. The molecule has 2 atom stereocenters. The van der Waals surface area contributed by atoms with E-state index in [4.69, 9.17) is 0 Å². The molecule has 1 N–H and O–H groups in total. The van der Waals surface area contributed by atoms with Crippen molar-refractivity contribution in [3.05, 3.63) is 23.9 Å². The number of nitrogens with one attached hydrogen (secondary N) is 1. The van der Waals surface area contributed by atoms with E-state index in [1.165, 1.54) is 0 Å². The summed E-state index contributed by atoms with van der Waals surface area (Å²) in [6.45, 7) is 1.68. The predicted molar refractivity (Wildman–Crippen MR) is 79.8 cm³/mol. The molecule has 2 aliphatic rings. The zero-order valence-corrected chi connectivity index (χ0v) is 12.5. The number of pyridine rings is 1. The first-order valence-corrected chi connectivity index (χ1v) is 7.64. The maximum atomic E-state index is 12.3. The van der Waals surface area contributed by atoms with Gasteiger partial charge in [-0.2, -0.15) is 0 Å². The Morgan fingerprint density at radius 1 is 1.23 bits per heavy atom. The van der Waals surface area contributed by atoms with Gasteiger partial charge in [0.2, 0.25) is 17.7 Å². The number of carbonyl (C=O) groups is 3. The predicted octanol–water partition coefficient (Wildman–Crippen LogP) is 1.50. The van der Waals surface area contributed by atoms with Gasteiger partial charge in [0.15, 0.2) is 0 Å². The van der Waals surface area contributed by atoms with Gasteiger partial charge in [0.05, 0.1) is 11.8 Å². The smallest absolute Gasteiger partial charge is 0.245 e. The van der Waals surface area contributed by atoms with Gasteiger partial charge in [-0.1, -0.05) is 18.9 Å². The Morgan fingerprint density at radius 2 is 1.86 bits per heavy atom. The molecule has 1 aliphatic heterocycles. The number of rotatable bonds is 3. The van der Waals surface area contributed by atoms with Crippen LogP contribution in [0.3, 0.4) is 0 Å². The van der Waals surface area contributed by atoms with Crippen LogP contribution in [-0.2, 0) is 14.4 Å². The molecule has 0 radical (unpaired) electrons. The van der Waals surface area contributed by atoms with Crippen molar-refractivity contribution in [3.8, 4) is 0 Å². The SMILES string of the molecule is Cc1ccc(NC(=O)CN2C(=O)[C@H]3CCCC[C@@H]3C2=O)nc1. The number of amides is 3. The first-order valence-electron chi connectivity index (χ1n) is 7.64. The highest BCUT2D eigenvalue weighted by Gasteiger charge is 2.48. The van der Waals surface area contributed by atoms with Crippen molar-refractivity contribution in [1.29, 1.82) is 0 Å². The van der Waals surface area contributed by atoms with Crippen LogP contribution in [0.5, 0.6) is 0 Å². The highest BCUT2D eigenvalue weighted by molar-refractivity contribution is 6.08. The van der Waals surface area contributed by atoms with E-state index in [9.17, 15) is 14.4 Å². The Bertz CT molecular complexity index is 588. The van der Waals surface area contributed by atoms with Crippen LogP contribution >= 0.6 is 0 Å². The summed E-state index contributed by atoms with van der Waals surface area (Å²) < 4.78 is 0. The Balaban J connectivity index is 1.64. The molecular weight excluding hydrogens is 282 g/mol.